The van der Waals surface area contributed by atoms with E-state index >= 15 is 0 Å². The van der Waals surface area contributed by atoms with Crippen molar-refractivity contribution in [1.29, 1.82) is 0 Å². The third-order valence-electron chi connectivity index (χ3n) is 4.59. The molecule has 3 atom stereocenters. The van der Waals surface area contributed by atoms with E-state index in [1.807, 2.05) is 6.07 Å². The second kappa shape index (κ2) is 8.54. The van der Waals surface area contributed by atoms with Crippen molar-refractivity contribution in [2.75, 3.05) is 7.11 Å². The van der Waals surface area contributed by atoms with Crippen LogP contribution in [0.2, 0.25) is 0 Å². The fourth-order valence-electron chi connectivity index (χ4n) is 3.22. The number of nitrogens with one attached hydrogen (secondary N) is 1. The van der Waals surface area contributed by atoms with Gasteiger partial charge in [0.1, 0.15) is 0 Å². The standard InChI is InChI=1S/C17H27NO2S/c1-3-13-6-4-7-14(10-9-13)18-15(12-17(19)20-2)16-8-5-11-21-16/h5,8,11,13-15,18H,3-4,6-7,9-10,12H2,1-2H3. The summed E-state index contributed by atoms with van der Waals surface area (Å²) < 4.78 is 4.85. The lowest BCUT2D eigenvalue weighted by atomic mass is 9.97. The molecule has 0 amide bonds. The van der Waals surface area contributed by atoms with Crippen LogP contribution in [0.15, 0.2) is 17.5 Å². The molecule has 1 aromatic rings. The summed E-state index contributed by atoms with van der Waals surface area (Å²) in [7, 11) is 1.46. The van der Waals surface area contributed by atoms with Gasteiger partial charge in [0.15, 0.2) is 0 Å². The van der Waals surface area contributed by atoms with Crippen molar-refractivity contribution in [2.24, 2.45) is 5.92 Å². The van der Waals surface area contributed by atoms with Gasteiger partial charge in [-0.1, -0.05) is 32.3 Å². The van der Waals surface area contributed by atoms with E-state index in [2.05, 4.69) is 23.7 Å². The molecule has 0 aliphatic heterocycles. The van der Waals surface area contributed by atoms with Crippen LogP contribution in [-0.2, 0) is 9.53 Å². The molecule has 3 nitrogen and oxygen atoms in total. The van der Waals surface area contributed by atoms with E-state index in [1.54, 1.807) is 11.3 Å². The quantitative estimate of drug-likeness (QED) is 0.629. The van der Waals surface area contributed by atoms with Crippen molar-refractivity contribution in [1.82, 2.24) is 5.32 Å². The maximum atomic E-state index is 11.7. The molecule has 0 bridgehead atoms. The van der Waals surface area contributed by atoms with E-state index in [0.29, 0.717) is 12.5 Å². The molecule has 1 fully saturated rings. The van der Waals surface area contributed by atoms with Gasteiger partial charge < -0.3 is 10.1 Å². The molecule has 0 radical (unpaired) electrons. The molecule has 1 aliphatic carbocycles. The number of hydrogen-bond donors (Lipinski definition) is 1. The second-order valence-corrected chi connectivity index (χ2v) is 6.97. The number of rotatable bonds is 6. The van der Waals surface area contributed by atoms with Gasteiger partial charge >= 0.3 is 5.97 Å². The number of carbonyl (C=O) groups is 1. The van der Waals surface area contributed by atoms with Crippen LogP contribution in [0, 0.1) is 5.92 Å². The molecule has 3 unspecified atom stereocenters. The summed E-state index contributed by atoms with van der Waals surface area (Å²) in [6.45, 7) is 2.30. The summed E-state index contributed by atoms with van der Waals surface area (Å²) in [5.41, 5.74) is 0. The van der Waals surface area contributed by atoms with Crippen molar-refractivity contribution in [3.05, 3.63) is 22.4 Å². The molecule has 1 saturated carbocycles. The number of hydrogen-bond acceptors (Lipinski definition) is 4. The summed E-state index contributed by atoms with van der Waals surface area (Å²) in [6.07, 6.45) is 8.12. The van der Waals surface area contributed by atoms with Crippen LogP contribution in [0.5, 0.6) is 0 Å². The van der Waals surface area contributed by atoms with Crippen LogP contribution in [0.3, 0.4) is 0 Å². The van der Waals surface area contributed by atoms with Crippen LogP contribution < -0.4 is 5.32 Å². The first-order valence-electron chi connectivity index (χ1n) is 8.09. The van der Waals surface area contributed by atoms with Gasteiger partial charge in [0.25, 0.3) is 0 Å². The summed E-state index contributed by atoms with van der Waals surface area (Å²) in [5, 5.41) is 5.79. The van der Waals surface area contributed by atoms with Gasteiger partial charge in [-0.3, -0.25) is 4.79 Å². The zero-order valence-corrected chi connectivity index (χ0v) is 14.0. The van der Waals surface area contributed by atoms with Crippen LogP contribution in [-0.4, -0.2) is 19.1 Å². The van der Waals surface area contributed by atoms with E-state index < -0.39 is 0 Å². The molecule has 0 saturated heterocycles. The number of methoxy groups -OCH3 is 1. The Balaban J connectivity index is 1.96. The smallest absolute Gasteiger partial charge is 0.307 e. The van der Waals surface area contributed by atoms with E-state index in [-0.39, 0.29) is 12.0 Å². The highest BCUT2D eigenvalue weighted by molar-refractivity contribution is 7.10. The first-order valence-corrected chi connectivity index (χ1v) is 8.97. The first-order chi connectivity index (χ1) is 10.2. The van der Waals surface area contributed by atoms with Gasteiger partial charge in [-0.25, -0.2) is 0 Å². The molecule has 1 aliphatic rings. The highest BCUT2D eigenvalue weighted by Gasteiger charge is 2.23. The molecule has 21 heavy (non-hydrogen) atoms. The molecule has 0 aromatic carbocycles. The van der Waals surface area contributed by atoms with E-state index in [4.69, 9.17) is 4.74 Å². The minimum Gasteiger partial charge on any atom is -0.469 e. The number of ether oxygens (including phenoxy) is 1. The third kappa shape index (κ3) is 5.11. The average Bonchev–Trinajstić information content (AvgIpc) is 2.94. The Morgan fingerprint density at radius 3 is 2.95 bits per heavy atom. The SMILES string of the molecule is CCC1CCCC(NC(CC(=O)OC)c2cccs2)CC1. The largest absolute Gasteiger partial charge is 0.469 e. The normalized spacial score (nSPS) is 24.3. The zero-order valence-electron chi connectivity index (χ0n) is 13.1. The maximum Gasteiger partial charge on any atom is 0.307 e. The molecule has 1 N–H and O–H groups in total. The van der Waals surface area contributed by atoms with Gasteiger partial charge in [0, 0.05) is 10.9 Å². The van der Waals surface area contributed by atoms with Gasteiger partial charge in [-0.05, 0) is 36.6 Å². The monoisotopic (exact) mass is 309 g/mol. The Hall–Kier alpha value is -0.870. The number of thiophene rings is 1. The summed E-state index contributed by atoms with van der Waals surface area (Å²) in [4.78, 5) is 12.9. The van der Waals surface area contributed by atoms with Crippen molar-refractivity contribution >= 4 is 17.3 Å². The summed E-state index contributed by atoms with van der Waals surface area (Å²) in [5.74, 6) is 0.749. The van der Waals surface area contributed by atoms with E-state index in [0.717, 1.165) is 5.92 Å². The fourth-order valence-corrected chi connectivity index (χ4v) is 4.01. The Bertz CT molecular complexity index is 418. The molecule has 4 heteroatoms. The fraction of sp³-hybridized carbons (Fsp3) is 0.706. The molecule has 2 rings (SSSR count). The lowest BCUT2D eigenvalue weighted by Crippen LogP contribution is -2.33. The molecule has 118 valence electrons. The minimum atomic E-state index is -0.138. The van der Waals surface area contributed by atoms with Gasteiger partial charge in [-0.15, -0.1) is 11.3 Å². The summed E-state index contributed by atoms with van der Waals surface area (Å²) in [6, 6.07) is 4.78. The molecule has 1 heterocycles. The van der Waals surface area contributed by atoms with Crippen LogP contribution >= 0.6 is 11.3 Å². The van der Waals surface area contributed by atoms with Gasteiger partial charge in [0.2, 0.25) is 0 Å². The predicted molar refractivity (Wildman–Crippen MR) is 87.5 cm³/mol. The van der Waals surface area contributed by atoms with Gasteiger partial charge in [0.05, 0.1) is 19.6 Å². The molecular formula is C17H27NO2S. The number of carbonyl (C=O) groups excluding carboxylic acids is 1. The third-order valence-corrected chi connectivity index (χ3v) is 5.57. The van der Waals surface area contributed by atoms with E-state index in [1.165, 1.54) is 50.5 Å². The molecule has 0 spiro atoms. The lowest BCUT2D eigenvalue weighted by Gasteiger charge is -2.23. The molecular weight excluding hydrogens is 282 g/mol. The second-order valence-electron chi connectivity index (χ2n) is 5.99. The summed E-state index contributed by atoms with van der Waals surface area (Å²) >= 11 is 1.71. The number of esters is 1. The maximum absolute atomic E-state index is 11.7. The Kier molecular flexibility index (Phi) is 6.71. The predicted octanol–water partition coefficient (Wildman–Crippen LogP) is 4.30. The Labute approximate surface area is 132 Å². The van der Waals surface area contributed by atoms with Crippen molar-refractivity contribution < 1.29 is 9.53 Å². The first kappa shape index (κ1) is 16.5. The van der Waals surface area contributed by atoms with Gasteiger partial charge in [-0.2, -0.15) is 0 Å². The van der Waals surface area contributed by atoms with Crippen LogP contribution in [0.25, 0.3) is 0 Å². The topological polar surface area (TPSA) is 38.3 Å². The molecule has 1 aromatic heterocycles. The van der Waals surface area contributed by atoms with Crippen LogP contribution in [0.4, 0.5) is 0 Å². The van der Waals surface area contributed by atoms with E-state index in [9.17, 15) is 4.79 Å². The highest BCUT2D eigenvalue weighted by atomic mass is 32.1. The van der Waals surface area contributed by atoms with Crippen molar-refractivity contribution in [2.45, 2.75) is 64.0 Å². The Morgan fingerprint density at radius 2 is 2.29 bits per heavy atom. The zero-order chi connectivity index (χ0) is 15.1. The lowest BCUT2D eigenvalue weighted by molar-refractivity contribution is -0.141. The van der Waals surface area contributed by atoms with Crippen molar-refractivity contribution in [3.63, 3.8) is 0 Å². The van der Waals surface area contributed by atoms with Crippen LogP contribution in [0.1, 0.15) is 62.8 Å². The Morgan fingerprint density at radius 1 is 1.43 bits per heavy atom. The highest BCUT2D eigenvalue weighted by Crippen LogP contribution is 2.29. The average molecular weight is 309 g/mol. The minimum absolute atomic E-state index is 0.0978. The van der Waals surface area contributed by atoms with Crippen molar-refractivity contribution in [3.8, 4) is 0 Å².